The van der Waals surface area contributed by atoms with Gasteiger partial charge in [-0.15, -0.1) is 0 Å². The first-order valence-electron chi connectivity index (χ1n) is 6.37. The molecule has 22 heavy (non-hydrogen) atoms. The molecule has 0 aromatic heterocycles. The standard InChI is InChI=1S/C15H13FN2O4/c1-9-7-11(4-5-12(9)16)22-14-6-3-10(15(19)17-2)8-13(14)18(20)21/h3-8H,1-2H3,(H,17,19). The molecular formula is C15H13FN2O4. The van der Waals surface area contributed by atoms with E-state index in [9.17, 15) is 19.3 Å². The summed E-state index contributed by atoms with van der Waals surface area (Å²) in [5.41, 5.74) is 0.169. The average Bonchev–Trinajstić information content (AvgIpc) is 2.50. The molecule has 0 saturated carbocycles. The van der Waals surface area contributed by atoms with Crippen LogP contribution in [0.2, 0.25) is 0 Å². The Morgan fingerprint density at radius 3 is 2.59 bits per heavy atom. The Morgan fingerprint density at radius 2 is 2.00 bits per heavy atom. The van der Waals surface area contributed by atoms with E-state index in [0.717, 1.165) is 6.07 Å². The average molecular weight is 304 g/mol. The summed E-state index contributed by atoms with van der Waals surface area (Å²) in [6, 6.07) is 7.91. The Morgan fingerprint density at radius 1 is 1.27 bits per heavy atom. The van der Waals surface area contributed by atoms with Gasteiger partial charge in [0.2, 0.25) is 5.75 Å². The van der Waals surface area contributed by atoms with Crippen LogP contribution in [0.5, 0.6) is 11.5 Å². The van der Waals surface area contributed by atoms with Gasteiger partial charge in [-0.3, -0.25) is 14.9 Å². The molecule has 0 radical (unpaired) electrons. The SMILES string of the molecule is CNC(=O)c1ccc(Oc2ccc(F)c(C)c2)c([N+](=O)[O-])c1. The number of carbonyl (C=O) groups is 1. The van der Waals surface area contributed by atoms with E-state index < -0.39 is 16.6 Å². The molecule has 0 heterocycles. The number of hydrogen-bond acceptors (Lipinski definition) is 4. The fourth-order valence-electron chi connectivity index (χ4n) is 1.84. The molecule has 2 rings (SSSR count). The van der Waals surface area contributed by atoms with Gasteiger partial charge < -0.3 is 10.1 Å². The Hall–Kier alpha value is -2.96. The molecule has 0 aliphatic rings. The van der Waals surface area contributed by atoms with Crippen molar-refractivity contribution in [2.45, 2.75) is 6.92 Å². The van der Waals surface area contributed by atoms with Crippen molar-refractivity contribution < 1.29 is 18.8 Å². The number of rotatable bonds is 4. The minimum Gasteiger partial charge on any atom is -0.450 e. The predicted octanol–water partition coefficient (Wildman–Crippen LogP) is 3.19. The van der Waals surface area contributed by atoms with Crippen LogP contribution in [0.4, 0.5) is 10.1 Å². The van der Waals surface area contributed by atoms with E-state index in [0.29, 0.717) is 5.56 Å². The number of aryl methyl sites for hydroxylation is 1. The fourth-order valence-corrected chi connectivity index (χ4v) is 1.84. The Balaban J connectivity index is 2.39. The molecule has 0 spiro atoms. The van der Waals surface area contributed by atoms with Gasteiger partial charge in [0, 0.05) is 18.7 Å². The van der Waals surface area contributed by atoms with Crippen LogP contribution in [-0.2, 0) is 0 Å². The summed E-state index contributed by atoms with van der Waals surface area (Å²) in [7, 11) is 1.43. The van der Waals surface area contributed by atoms with Crippen molar-refractivity contribution in [3.05, 3.63) is 63.5 Å². The molecule has 2 aromatic carbocycles. The summed E-state index contributed by atoms with van der Waals surface area (Å²) in [5, 5.41) is 13.5. The van der Waals surface area contributed by atoms with Crippen molar-refractivity contribution in [1.29, 1.82) is 0 Å². The molecule has 0 atom stereocenters. The normalized spacial score (nSPS) is 10.1. The maximum absolute atomic E-state index is 13.2. The first-order valence-corrected chi connectivity index (χ1v) is 6.37. The van der Waals surface area contributed by atoms with Crippen molar-refractivity contribution in [3.8, 4) is 11.5 Å². The highest BCUT2D eigenvalue weighted by Gasteiger charge is 2.19. The Labute approximate surface area is 125 Å². The summed E-state index contributed by atoms with van der Waals surface area (Å²) in [5.74, 6) is -0.581. The summed E-state index contributed by atoms with van der Waals surface area (Å²) in [4.78, 5) is 22.0. The van der Waals surface area contributed by atoms with Crippen molar-refractivity contribution in [3.63, 3.8) is 0 Å². The number of nitrogens with zero attached hydrogens (tertiary/aromatic N) is 1. The Bertz CT molecular complexity index is 746. The summed E-state index contributed by atoms with van der Waals surface area (Å²) in [6.07, 6.45) is 0. The van der Waals surface area contributed by atoms with E-state index in [-0.39, 0.29) is 22.7 Å². The smallest absolute Gasteiger partial charge is 0.312 e. The fraction of sp³-hybridized carbons (Fsp3) is 0.133. The van der Waals surface area contributed by atoms with Gasteiger partial charge in [-0.05, 0) is 42.8 Å². The van der Waals surface area contributed by atoms with E-state index in [2.05, 4.69) is 5.32 Å². The van der Waals surface area contributed by atoms with Gasteiger partial charge in [-0.1, -0.05) is 0 Å². The second-order valence-corrected chi connectivity index (χ2v) is 4.53. The molecule has 114 valence electrons. The lowest BCUT2D eigenvalue weighted by Gasteiger charge is -2.08. The number of ether oxygens (including phenoxy) is 1. The number of amides is 1. The second kappa shape index (κ2) is 6.21. The molecule has 0 fully saturated rings. The van der Waals surface area contributed by atoms with Gasteiger partial charge >= 0.3 is 5.69 Å². The molecule has 0 unspecified atom stereocenters. The number of benzene rings is 2. The lowest BCUT2D eigenvalue weighted by Crippen LogP contribution is -2.17. The van der Waals surface area contributed by atoms with Crippen LogP contribution in [0.25, 0.3) is 0 Å². The van der Waals surface area contributed by atoms with Crippen molar-refractivity contribution in [1.82, 2.24) is 5.32 Å². The number of nitro groups is 1. The molecule has 6 nitrogen and oxygen atoms in total. The van der Waals surface area contributed by atoms with Gasteiger partial charge in [0.05, 0.1) is 4.92 Å². The summed E-state index contributed by atoms with van der Waals surface area (Å²) in [6.45, 7) is 1.56. The van der Waals surface area contributed by atoms with E-state index in [1.165, 1.54) is 37.4 Å². The zero-order valence-corrected chi connectivity index (χ0v) is 11.9. The third-order valence-corrected chi connectivity index (χ3v) is 3.00. The molecule has 0 bridgehead atoms. The minimum atomic E-state index is -0.641. The van der Waals surface area contributed by atoms with Gasteiger partial charge in [-0.25, -0.2) is 4.39 Å². The van der Waals surface area contributed by atoms with E-state index >= 15 is 0 Å². The van der Waals surface area contributed by atoms with E-state index in [1.54, 1.807) is 6.92 Å². The zero-order chi connectivity index (χ0) is 16.3. The van der Waals surface area contributed by atoms with E-state index in [1.807, 2.05) is 0 Å². The number of nitro benzene ring substituents is 1. The van der Waals surface area contributed by atoms with Crippen LogP contribution < -0.4 is 10.1 Å². The minimum absolute atomic E-state index is 0.0244. The number of hydrogen-bond donors (Lipinski definition) is 1. The molecule has 1 N–H and O–H groups in total. The monoisotopic (exact) mass is 304 g/mol. The predicted molar refractivity (Wildman–Crippen MR) is 77.7 cm³/mol. The largest absolute Gasteiger partial charge is 0.450 e. The molecule has 0 saturated heterocycles. The third kappa shape index (κ3) is 3.20. The molecular weight excluding hydrogens is 291 g/mol. The van der Waals surface area contributed by atoms with Crippen LogP contribution in [0.1, 0.15) is 15.9 Å². The topological polar surface area (TPSA) is 81.5 Å². The highest BCUT2D eigenvalue weighted by atomic mass is 19.1. The molecule has 2 aromatic rings. The molecule has 1 amide bonds. The maximum Gasteiger partial charge on any atom is 0.312 e. The number of nitrogens with one attached hydrogen (secondary N) is 1. The zero-order valence-electron chi connectivity index (χ0n) is 11.9. The number of halogens is 1. The molecule has 7 heteroatoms. The van der Waals surface area contributed by atoms with Gasteiger partial charge in [0.1, 0.15) is 11.6 Å². The summed E-state index contributed by atoms with van der Waals surface area (Å²) < 4.78 is 18.7. The van der Waals surface area contributed by atoms with Crippen molar-refractivity contribution in [2.75, 3.05) is 7.05 Å². The van der Waals surface area contributed by atoms with Crippen molar-refractivity contribution >= 4 is 11.6 Å². The third-order valence-electron chi connectivity index (χ3n) is 3.00. The quantitative estimate of drug-likeness (QED) is 0.694. The van der Waals surface area contributed by atoms with Crippen LogP contribution in [0.15, 0.2) is 36.4 Å². The summed E-state index contributed by atoms with van der Waals surface area (Å²) >= 11 is 0. The van der Waals surface area contributed by atoms with Gasteiger partial charge in [-0.2, -0.15) is 0 Å². The molecule has 0 aliphatic heterocycles. The Kier molecular flexibility index (Phi) is 4.36. The van der Waals surface area contributed by atoms with Crippen LogP contribution in [-0.4, -0.2) is 17.9 Å². The first-order chi connectivity index (χ1) is 10.4. The lowest BCUT2D eigenvalue weighted by atomic mass is 10.1. The molecule has 0 aliphatic carbocycles. The number of carbonyl (C=O) groups excluding carboxylic acids is 1. The van der Waals surface area contributed by atoms with Crippen molar-refractivity contribution in [2.24, 2.45) is 0 Å². The lowest BCUT2D eigenvalue weighted by molar-refractivity contribution is -0.385. The highest BCUT2D eigenvalue weighted by Crippen LogP contribution is 2.32. The first kappa shape index (κ1) is 15.4. The van der Waals surface area contributed by atoms with Crippen LogP contribution in [0.3, 0.4) is 0 Å². The van der Waals surface area contributed by atoms with Gasteiger partial charge in [0.15, 0.2) is 0 Å². The maximum atomic E-state index is 13.2. The van der Waals surface area contributed by atoms with Crippen LogP contribution in [0, 0.1) is 22.9 Å². The van der Waals surface area contributed by atoms with Gasteiger partial charge in [0.25, 0.3) is 5.91 Å². The second-order valence-electron chi connectivity index (χ2n) is 4.53. The van der Waals surface area contributed by atoms with Crippen LogP contribution >= 0.6 is 0 Å². The van der Waals surface area contributed by atoms with E-state index in [4.69, 9.17) is 4.74 Å². The highest BCUT2D eigenvalue weighted by molar-refractivity contribution is 5.95.